The first-order chi connectivity index (χ1) is 15.8. The third kappa shape index (κ3) is 4.44. The first kappa shape index (κ1) is 22.4. The topological polar surface area (TPSA) is 109 Å². The van der Waals surface area contributed by atoms with E-state index in [2.05, 4.69) is 10.3 Å². The summed E-state index contributed by atoms with van der Waals surface area (Å²) in [6.07, 6.45) is 1.24. The van der Waals surface area contributed by atoms with Crippen molar-refractivity contribution in [2.75, 3.05) is 25.0 Å². The predicted octanol–water partition coefficient (Wildman–Crippen LogP) is 2.61. The second-order valence-electron chi connectivity index (χ2n) is 8.52. The van der Waals surface area contributed by atoms with Crippen molar-refractivity contribution in [1.29, 1.82) is 0 Å². The highest BCUT2D eigenvalue weighted by Crippen LogP contribution is 2.25. The smallest absolute Gasteiger partial charge is 0.335 e. The maximum atomic E-state index is 13.1. The lowest BCUT2D eigenvalue weighted by Gasteiger charge is -2.36. The molecule has 33 heavy (non-hydrogen) atoms. The number of aromatic carboxylic acids is 1. The van der Waals surface area contributed by atoms with Gasteiger partial charge in [-0.2, -0.15) is 0 Å². The lowest BCUT2D eigenvalue weighted by atomic mass is 9.88. The van der Waals surface area contributed by atoms with Gasteiger partial charge in [0, 0.05) is 44.4 Å². The Kier molecular flexibility index (Phi) is 6.13. The van der Waals surface area contributed by atoms with Crippen LogP contribution in [-0.2, 0) is 11.8 Å². The molecule has 2 aromatic carbocycles. The molecule has 0 spiro atoms. The van der Waals surface area contributed by atoms with E-state index in [0.29, 0.717) is 31.5 Å². The van der Waals surface area contributed by atoms with Crippen molar-refractivity contribution in [2.45, 2.75) is 25.8 Å². The number of amides is 1. The fourth-order valence-corrected chi connectivity index (χ4v) is 4.27. The zero-order valence-electron chi connectivity index (χ0n) is 18.9. The number of hydrogen-bond donors (Lipinski definition) is 1. The third-order valence-corrected chi connectivity index (χ3v) is 6.53. The number of rotatable bonds is 6. The summed E-state index contributed by atoms with van der Waals surface area (Å²) in [7, 11) is 3.62. The molecule has 1 atom stereocenters. The van der Waals surface area contributed by atoms with Gasteiger partial charge in [-0.25, -0.2) is 9.48 Å². The van der Waals surface area contributed by atoms with E-state index in [1.807, 2.05) is 35.9 Å². The molecule has 9 nitrogen and oxygen atoms in total. The number of ketones is 1. The zero-order chi connectivity index (χ0) is 23.7. The first-order valence-corrected chi connectivity index (χ1v) is 10.9. The number of Topliss-reactive ketones (excluding diaryl/α,β-unsaturated/α-hetero) is 1. The minimum absolute atomic E-state index is 0.00640. The van der Waals surface area contributed by atoms with Crippen LogP contribution < -0.4 is 4.90 Å². The summed E-state index contributed by atoms with van der Waals surface area (Å²) in [6.45, 7) is 2.89. The molecule has 2 heterocycles. The van der Waals surface area contributed by atoms with Crippen LogP contribution in [0.15, 0.2) is 42.5 Å². The minimum atomic E-state index is -0.984. The molecule has 1 saturated heterocycles. The molecule has 1 aliphatic rings. The largest absolute Gasteiger partial charge is 0.478 e. The predicted molar refractivity (Wildman–Crippen MR) is 123 cm³/mol. The van der Waals surface area contributed by atoms with E-state index in [1.165, 1.54) is 12.1 Å². The van der Waals surface area contributed by atoms with Crippen molar-refractivity contribution in [1.82, 2.24) is 19.9 Å². The van der Waals surface area contributed by atoms with Crippen LogP contribution in [0.3, 0.4) is 0 Å². The number of nitrogens with zero attached hydrogens (tertiary/aromatic N) is 5. The third-order valence-electron chi connectivity index (χ3n) is 6.53. The second kappa shape index (κ2) is 9.01. The molecule has 9 heteroatoms. The number of anilines is 1. The SMILES string of the molecule is CC(C(=O)N1CCC(C(=O)c2ccc3nnn(C)c3c2)CC1)N(C)c1ccc(C(=O)O)cc1. The first-order valence-electron chi connectivity index (χ1n) is 10.9. The molecule has 1 unspecified atom stereocenters. The Hall–Kier alpha value is -3.75. The lowest BCUT2D eigenvalue weighted by molar-refractivity contribution is -0.133. The average molecular weight is 450 g/mol. The van der Waals surface area contributed by atoms with Gasteiger partial charge in [0.1, 0.15) is 11.6 Å². The fourth-order valence-electron chi connectivity index (χ4n) is 4.27. The molecule has 0 radical (unpaired) electrons. The normalized spacial score (nSPS) is 15.4. The number of carbonyl (C=O) groups excluding carboxylic acids is 2. The van der Waals surface area contributed by atoms with Gasteiger partial charge < -0.3 is 14.9 Å². The summed E-state index contributed by atoms with van der Waals surface area (Å²) in [5.74, 6) is -1.02. The fraction of sp³-hybridized carbons (Fsp3) is 0.375. The Morgan fingerprint density at radius 1 is 1.06 bits per heavy atom. The number of benzene rings is 2. The number of carboxylic acids is 1. The Morgan fingerprint density at radius 3 is 2.33 bits per heavy atom. The number of likely N-dealkylation sites (tertiary alicyclic amines) is 1. The van der Waals surface area contributed by atoms with E-state index < -0.39 is 12.0 Å². The molecule has 1 aromatic heterocycles. The van der Waals surface area contributed by atoms with Crippen LogP contribution in [0.1, 0.15) is 40.5 Å². The maximum absolute atomic E-state index is 13.1. The number of aromatic nitrogens is 3. The quantitative estimate of drug-likeness (QED) is 0.576. The number of hydrogen-bond acceptors (Lipinski definition) is 6. The number of carbonyl (C=O) groups is 3. The Bertz CT molecular complexity index is 1200. The molecular weight excluding hydrogens is 422 g/mol. The van der Waals surface area contributed by atoms with Crippen molar-refractivity contribution in [3.05, 3.63) is 53.6 Å². The monoisotopic (exact) mass is 449 g/mol. The number of likely N-dealkylation sites (N-methyl/N-ethyl adjacent to an activating group) is 1. The van der Waals surface area contributed by atoms with E-state index in [0.717, 1.165) is 16.7 Å². The van der Waals surface area contributed by atoms with Crippen LogP contribution in [0.2, 0.25) is 0 Å². The molecule has 0 aliphatic carbocycles. The minimum Gasteiger partial charge on any atom is -0.478 e. The summed E-state index contributed by atoms with van der Waals surface area (Å²) < 4.78 is 1.65. The van der Waals surface area contributed by atoms with Crippen LogP contribution in [0.5, 0.6) is 0 Å². The molecule has 4 rings (SSSR count). The second-order valence-corrected chi connectivity index (χ2v) is 8.52. The summed E-state index contributed by atoms with van der Waals surface area (Å²) in [5, 5.41) is 17.1. The van der Waals surface area contributed by atoms with Crippen molar-refractivity contribution in [3.8, 4) is 0 Å². The van der Waals surface area contributed by atoms with E-state index in [1.54, 1.807) is 29.9 Å². The van der Waals surface area contributed by atoms with Crippen molar-refractivity contribution < 1.29 is 19.5 Å². The van der Waals surface area contributed by atoms with Gasteiger partial charge in [-0.05, 0) is 62.2 Å². The maximum Gasteiger partial charge on any atom is 0.335 e. The van der Waals surface area contributed by atoms with Crippen LogP contribution in [0.4, 0.5) is 5.69 Å². The highest BCUT2D eigenvalue weighted by Gasteiger charge is 2.31. The zero-order valence-corrected chi connectivity index (χ0v) is 18.9. The van der Waals surface area contributed by atoms with Gasteiger partial charge in [0.15, 0.2) is 5.78 Å². The molecule has 1 aliphatic heterocycles. The van der Waals surface area contributed by atoms with Gasteiger partial charge in [0.25, 0.3) is 0 Å². The molecule has 0 saturated carbocycles. The molecule has 3 aromatic rings. The van der Waals surface area contributed by atoms with Gasteiger partial charge in [0.05, 0.1) is 11.1 Å². The number of aryl methyl sites for hydroxylation is 1. The highest BCUT2D eigenvalue weighted by atomic mass is 16.4. The van der Waals surface area contributed by atoms with E-state index in [4.69, 9.17) is 5.11 Å². The van der Waals surface area contributed by atoms with Crippen LogP contribution >= 0.6 is 0 Å². The average Bonchev–Trinajstić information content (AvgIpc) is 3.22. The van der Waals surface area contributed by atoms with E-state index >= 15 is 0 Å². The van der Waals surface area contributed by atoms with Crippen LogP contribution in [-0.4, -0.2) is 68.8 Å². The molecule has 1 N–H and O–H groups in total. The Labute approximate surface area is 191 Å². The summed E-state index contributed by atoms with van der Waals surface area (Å²) >= 11 is 0. The summed E-state index contributed by atoms with van der Waals surface area (Å²) in [4.78, 5) is 40.8. The van der Waals surface area contributed by atoms with E-state index in [-0.39, 0.29) is 23.2 Å². The van der Waals surface area contributed by atoms with Gasteiger partial charge in [-0.1, -0.05) is 5.21 Å². The number of carboxylic acid groups (broad SMARTS) is 1. The Morgan fingerprint density at radius 2 is 1.70 bits per heavy atom. The van der Waals surface area contributed by atoms with Gasteiger partial charge >= 0.3 is 5.97 Å². The van der Waals surface area contributed by atoms with Crippen molar-refractivity contribution >= 4 is 34.4 Å². The van der Waals surface area contributed by atoms with Crippen LogP contribution in [0.25, 0.3) is 11.0 Å². The number of piperidine rings is 1. The van der Waals surface area contributed by atoms with Crippen LogP contribution in [0, 0.1) is 5.92 Å². The highest BCUT2D eigenvalue weighted by molar-refractivity contribution is 6.00. The van der Waals surface area contributed by atoms with Crippen molar-refractivity contribution in [2.24, 2.45) is 13.0 Å². The van der Waals surface area contributed by atoms with Crippen molar-refractivity contribution in [3.63, 3.8) is 0 Å². The summed E-state index contributed by atoms with van der Waals surface area (Å²) in [5.41, 5.74) is 3.20. The lowest BCUT2D eigenvalue weighted by Crippen LogP contribution is -2.49. The molecular formula is C24H27N5O4. The van der Waals surface area contributed by atoms with Gasteiger partial charge in [-0.3, -0.25) is 9.59 Å². The molecule has 1 amide bonds. The number of fused-ring (bicyclic) bond motifs is 1. The molecule has 0 bridgehead atoms. The molecule has 172 valence electrons. The van der Waals surface area contributed by atoms with E-state index in [9.17, 15) is 14.4 Å². The molecule has 1 fully saturated rings. The Balaban J connectivity index is 1.37. The summed E-state index contributed by atoms with van der Waals surface area (Å²) in [6, 6.07) is 11.5. The standard InChI is InChI=1S/C24H27N5O4/c1-15(27(2)19-7-4-17(5-8-19)24(32)33)23(31)29-12-10-16(11-13-29)22(30)18-6-9-20-21(14-18)28(3)26-25-20/h4-9,14-16H,10-13H2,1-3H3,(H,32,33). The van der Waals surface area contributed by atoms with Gasteiger partial charge in [-0.15, -0.1) is 5.10 Å². The van der Waals surface area contributed by atoms with Gasteiger partial charge in [0.2, 0.25) is 5.91 Å².